The molecular weight excluding hydrogens is 426 g/mol. The molecule has 0 bridgehead atoms. The van der Waals surface area contributed by atoms with E-state index in [0.717, 1.165) is 31.1 Å². The van der Waals surface area contributed by atoms with E-state index in [1.165, 1.54) is 48.8 Å². The van der Waals surface area contributed by atoms with Crippen LogP contribution in [0.1, 0.15) is 54.5 Å². The van der Waals surface area contributed by atoms with Crippen LogP contribution in [0.3, 0.4) is 0 Å². The first kappa shape index (κ1) is 21.8. The standard InChI is InChI=1S/C27H31N5S/c1-20-16-24(32-17-21-10-6-7-11-22(21)18-32)30-25(29-20)31-26(33)28-19-27(14-8-3-9-15-27)23-12-4-2-5-13-23/h2,4-7,10-13,16H,3,8-9,14-15,17-19H2,1H3,(H2,28,29,30,31,33). The van der Waals surface area contributed by atoms with Crippen molar-refractivity contribution in [1.29, 1.82) is 0 Å². The van der Waals surface area contributed by atoms with E-state index >= 15 is 0 Å². The molecule has 5 nitrogen and oxygen atoms in total. The summed E-state index contributed by atoms with van der Waals surface area (Å²) >= 11 is 5.67. The lowest BCUT2D eigenvalue weighted by Gasteiger charge is -2.38. The summed E-state index contributed by atoms with van der Waals surface area (Å²) in [5.74, 6) is 1.48. The van der Waals surface area contributed by atoms with Gasteiger partial charge in [0.2, 0.25) is 5.95 Å². The number of nitrogens with one attached hydrogen (secondary N) is 2. The van der Waals surface area contributed by atoms with Crippen molar-refractivity contribution >= 4 is 29.1 Å². The second-order valence-corrected chi connectivity index (χ2v) is 9.74. The Bertz CT molecular complexity index is 1100. The van der Waals surface area contributed by atoms with E-state index in [0.29, 0.717) is 11.1 Å². The number of nitrogens with zero attached hydrogens (tertiary/aromatic N) is 3. The lowest BCUT2D eigenvalue weighted by atomic mass is 9.69. The van der Waals surface area contributed by atoms with E-state index in [1.807, 2.05) is 13.0 Å². The average molecular weight is 458 g/mol. The molecule has 1 fully saturated rings. The number of aromatic nitrogens is 2. The van der Waals surface area contributed by atoms with Gasteiger partial charge < -0.3 is 15.5 Å². The minimum atomic E-state index is 0.130. The first-order chi connectivity index (χ1) is 16.1. The number of aryl methyl sites for hydroxylation is 1. The van der Waals surface area contributed by atoms with Gasteiger partial charge in [0, 0.05) is 36.8 Å². The Morgan fingerprint density at radius 3 is 2.30 bits per heavy atom. The second-order valence-electron chi connectivity index (χ2n) is 9.33. The summed E-state index contributed by atoms with van der Waals surface area (Å²) in [4.78, 5) is 11.7. The monoisotopic (exact) mass is 457 g/mol. The molecule has 0 spiro atoms. The summed E-state index contributed by atoms with van der Waals surface area (Å²) in [6.07, 6.45) is 6.22. The first-order valence-electron chi connectivity index (χ1n) is 11.9. The van der Waals surface area contributed by atoms with Gasteiger partial charge in [-0.2, -0.15) is 4.98 Å². The van der Waals surface area contributed by atoms with Gasteiger partial charge in [0.25, 0.3) is 0 Å². The van der Waals surface area contributed by atoms with E-state index in [2.05, 4.69) is 75.1 Å². The van der Waals surface area contributed by atoms with Gasteiger partial charge in [0.1, 0.15) is 5.82 Å². The smallest absolute Gasteiger partial charge is 0.231 e. The minimum absolute atomic E-state index is 0.130. The molecule has 0 atom stereocenters. The average Bonchev–Trinajstić information content (AvgIpc) is 3.28. The zero-order valence-electron chi connectivity index (χ0n) is 19.2. The predicted octanol–water partition coefficient (Wildman–Crippen LogP) is 5.49. The third-order valence-corrected chi connectivity index (χ3v) is 7.26. The van der Waals surface area contributed by atoms with Crippen LogP contribution in [0, 0.1) is 6.92 Å². The van der Waals surface area contributed by atoms with Crippen molar-refractivity contribution in [3.8, 4) is 0 Å². The normalized spacial score (nSPS) is 16.8. The zero-order valence-corrected chi connectivity index (χ0v) is 20.0. The second kappa shape index (κ2) is 9.48. The molecule has 2 aliphatic rings. The third-order valence-electron chi connectivity index (χ3n) is 7.01. The molecule has 33 heavy (non-hydrogen) atoms. The maximum atomic E-state index is 5.67. The van der Waals surface area contributed by atoms with Crippen molar-refractivity contribution in [1.82, 2.24) is 15.3 Å². The molecular formula is C27H31N5S. The molecule has 1 aliphatic heterocycles. The number of anilines is 2. The zero-order chi connectivity index (χ0) is 22.7. The van der Waals surface area contributed by atoms with Crippen LogP contribution in [0.25, 0.3) is 0 Å². The van der Waals surface area contributed by atoms with Gasteiger partial charge in [0.05, 0.1) is 0 Å². The van der Waals surface area contributed by atoms with Crippen LogP contribution in [-0.4, -0.2) is 21.6 Å². The summed E-state index contributed by atoms with van der Waals surface area (Å²) < 4.78 is 0. The molecule has 0 radical (unpaired) electrons. The Kier molecular flexibility index (Phi) is 6.27. The van der Waals surface area contributed by atoms with Crippen LogP contribution in [0.15, 0.2) is 60.7 Å². The quantitative estimate of drug-likeness (QED) is 0.494. The van der Waals surface area contributed by atoms with E-state index < -0.39 is 0 Å². The predicted molar refractivity (Wildman–Crippen MR) is 139 cm³/mol. The minimum Gasteiger partial charge on any atom is -0.361 e. The molecule has 0 saturated heterocycles. The highest BCUT2D eigenvalue weighted by molar-refractivity contribution is 7.80. The van der Waals surface area contributed by atoms with Crippen LogP contribution < -0.4 is 15.5 Å². The van der Waals surface area contributed by atoms with E-state index in [1.54, 1.807) is 0 Å². The fourth-order valence-electron chi connectivity index (χ4n) is 5.25. The largest absolute Gasteiger partial charge is 0.361 e. The van der Waals surface area contributed by atoms with Crippen LogP contribution >= 0.6 is 12.2 Å². The Labute approximate surface area is 201 Å². The summed E-state index contributed by atoms with van der Waals surface area (Å²) in [5.41, 5.74) is 5.18. The lowest BCUT2D eigenvalue weighted by Crippen LogP contribution is -2.43. The van der Waals surface area contributed by atoms with Gasteiger partial charge in [-0.25, -0.2) is 4.98 Å². The van der Waals surface area contributed by atoms with Crippen molar-refractivity contribution < 1.29 is 0 Å². The number of thiocarbonyl (C=S) groups is 1. The fourth-order valence-corrected chi connectivity index (χ4v) is 5.41. The van der Waals surface area contributed by atoms with Crippen molar-refractivity contribution in [2.45, 2.75) is 57.5 Å². The van der Waals surface area contributed by atoms with Gasteiger partial charge in [-0.1, -0.05) is 73.9 Å². The summed E-state index contributed by atoms with van der Waals surface area (Å²) in [7, 11) is 0. The highest BCUT2D eigenvalue weighted by Crippen LogP contribution is 2.39. The summed E-state index contributed by atoms with van der Waals surface area (Å²) in [6.45, 7) is 4.56. The number of benzene rings is 2. The maximum absolute atomic E-state index is 5.67. The Balaban J connectivity index is 1.26. The van der Waals surface area contributed by atoms with E-state index in [4.69, 9.17) is 17.2 Å². The molecule has 170 valence electrons. The molecule has 3 aromatic rings. The Morgan fingerprint density at radius 1 is 0.939 bits per heavy atom. The molecule has 0 amide bonds. The molecule has 1 aliphatic carbocycles. The molecule has 2 aromatic carbocycles. The summed E-state index contributed by atoms with van der Waals surface area (Å²) in [6, 6.07) is 21.5. The van der Waals surface area contributed by atoms with Crippen LogP contribution in [0.4, 0.5) is 11.8 Å². The SMILES string of the molecule is Cc1cc(N2Cc3ccccc3C2)nc(NC(=S)NCC2(c3ccccc3)CCCCC2)n1. The van der Waals surface area contributed by atoms with Gasteiger partial charge in [-0.05, 0) is 48.7 Å². The van der Waals surface area contributed by atoms with Crippen molar-refractivity contribution in [2.75, 3.05) is 16.8 Å². The van der Waals surface area contributed by atoms with Crippen molar-refractivity contribution in [3.05, 3.63) is 83.0 Å². The van der Waals surface area contributed by atoms with Gasteiger partial charge >= 0.3 is 0 Å². The highest BCUT2D eigenvalue weighted by atomic mass is 32.1. The lowest BCUT2D eigenvalue weighted by molar-refractivity contribution is 0.292. The molecule has 2 N–H and O–H groups in total. The van der Waals surface area contributed by atoms with Gasteiger partial charge in [0.15, 0.2) is 5.11 Å². The van der Waals surface area contributed by atoms with Crippen LogP contribution in [-0.2, 0) is 18.5 Å². The van der Waals surface area contributed by atoms with E-state index in [9.17, 15) is 0 Å². The molecule has 0 unspecified atom stereocenters. The topological polar surface area (TPSA) is 53.1 Å². The molecule has 1 saturated carbocycles. The fraction of sp³-hybridized carbons (Fsp3) is 0.370. The number of hydrogen-bond acceptors (Lipinski definition) is 4. The Hall–Kier alpha value is -2.99. The van der Waals surface area contributed by atoms with Crippen LogP contribution in [0.5, 0.6) is 0 Å². The maximum Gasteiger partial charge on any atom is 0.231 e. The van der Waals surface area contributed by atoms with E-state index in [-0.39, 0.29) is 5.41 Å². The number of hydrogen-bond donors (Lipinski definition) is 2. The highest BCUT2D eigenvalue weighted by Gasteiger charge is 2.33. The molecule has 5 rings (SSSR count). The number of fused-ring (bicyclic) bond motifs is 1. The number of rotatable bonds is 5. The van der Waals surface area contributed by atoms with Gasteiger partial charge in [-0.3, -0.25) is 0 Å². The molecule has 2 heterocycles. The first-order valence-corrected chi connectivity index (χ1v) is 12.3. The molecule has 1 aromatic heterocycles. The Morgan fingerprint density at radius 2 is 1.61 bits per heavy atom. The molecule has 6 heteroatoms. The summed E-state index contributed by atoms with van der Waals surface area (Å²) in [5, 5.41) is 7.32. The van der Waals surface area contributed by atoms with Gasteiger partial charge in [-0.15, -0.1) is 0 Å². The third kappa shape index (κ3) is 4.86. The van der Waals surface area contributed by atoms with Crippen molar-refractivity contribution in [2.24, 2.45) is 0 Å². The van der Waals surface area contributed by atoms with Crippen molar-refractivity contribution in [3.63, 3.8) is 0 Å². The van der Waals surface area contributed by atoms with Crippen LogP contribution in [0.2, 0.25) is 0 Å².